The highest BCUT2D eigenvalue weighted by molar-refractivity contribution is 5.84. The van der Waals surface area contributed by atoms with Gasteiger partial charge in [0, 0.05) is 19.5 Å². The molecule has 2 N–H and O–H groups in total. The molecule has 4 heteroatoms. The van der Waals surface area contributed by atoms with Gasteiger partial charge in [0.15, 0.2) is 0 Å². The highest BCUT2D eigenvalue weighted by Gasteiger charge is 2.42. The summed E-state index contributed by atoms with van der Waals surface area (Å²) in [5.74, 6) is -0.220. The minimum atomic E-state index is -0.704. The van der Waals surface area contributed by atoms with Gasteiger partial charge in [-0.3, -0.25) is 9.59 Å². The van der Waals surface area contributed by atoms with Crippen LogP contribution < -0.4 is 5.73 Å². The molecular formula is C23H28N2O2. The first-order valence-electron chi connectivity index (χ1n) is 9.68. The lowest BCUT2D eigenvalue weighted by Crippen LogP contribution is -2.53. The summed E-state index contributed by atoms with van der Waals surface area (Å²) < 4.78 is 0. The van der Waals surface area contributed by atoms with Gasteiger partial charge in [0.05, 0.1) is 5.41 Å². The second kappa shape index (κ2) is 7.95. The van der Waals surface area contributed by atoms with E-state index in [1.54, 1.807) is 0 Å². The van der Waals surface area contributed by atoms with E-state index >= 15 is 0 Å². The lowest BCUT2D eigenvalue weighted by Gasteiger charge is -2.41. The molecule has 1 atom stereocenters. The minimum Gasteiger partial charge on any atom is -0.369 e. The summed E-state index contributed by atoms with van der Waals surface area (Å²) >= 11 is 0. The van der Waals surface area contributed by atoms with Crippen LogP contribution in [0.25, 0.3) is 11.1 Å². The molecule has 0 spiro atoms. The summed E-state index contributed by atoms with van der Waals surface area (Å²) in [6, 6.07) is 16.6. The van der Waals surface area contributed by atoms with E-state index in [9.17, 15) is 9.59 Å². The molecule has 142 valence electrons. The van der Waals surface area contributed by atoms with Crippen molar-refractivity contribution in [2.75, 3.05) is 13.1 Å². The summed E-state index contributed by atoms with van der Waals surface area (Å²) in [4.78, 5) is 26.5. The summed E-state index contributed by atoms with van der Waals surface area (Å²) in [5, 5.41) is 0. The van der Waals surface area contributed by atoms with Crippen LogP contribution in [0.1, 0.15) is 37.3 Å². The van der Waals surface area contributed by atoms with Gasteiger partial charge >= 0.3 is 0 Å². The number of aryl methyl sites for hydroxylation is 1. The second-order valence-electron chi connectivity index (χ2n) is 7.62. The predicted molar refractivity (Wildman–Crippen MR) is 108 cm³/mol. The molecule has 2 aromatic carbocycles. The van der Waals surface area contributed by atoms with Crippen molar-refractivity contribution in [3.8, 4) is 11.1 Å². The zero-order chi connectivity index (χ0) is 19.4. The fraction of sp³-hybridized carbons (Fsp3) is 0.391. The van der Waals surface area contributed by atoms with Crippen molar-refractivity contribution in [2.45, 2.75) is 39.5 Å². The number of hydrogen-bond donors (Lipinski definition) is 1. The zero-order valence-corrected chi connectivity index (χ0v) is 16.2. The van der Waals surface area contributed by atoms with Crippen molar-refractivity contribution in [2.24, 2.45) is 11.1 Å². The first-order valence-corrected chi connectivity index (χ1v) is 9.68. The number of benzene rings is 2. The molecule has 1 aliphatic rings. The van der Waals surface area contributed by atoms with Crippen LogP contribution in [0, 0.1) is 12.3 Å². The fourth-order valence-electron chi connectivity index (χ4n) is 4.05. The van der Waals surface area contributed by atoms with Crippen molar-refractivity contribution in [1.29, 1.82) is 0 Å². The third-order valence-electron chi connectivity index (χ3n) is 5.66. The van der Waals surface area contributed by atoms with Gasteiger partial charge in [0.1, 0.15) is 0 Å². The van der Waals surface area contributed by atoms with Crippen molar-refractivity contribution < 1.29 is 9.59 Å². The average molecular weight is 364 g/mol. The van der Waals surface area contributed by atoms with Gasteiger partial charge in [0.25, 0.3) is 0 Å². The van der Waals surface area contributed by atoms with Crippen molar-refractivity contribution in [1.82, 2.24) is 4.90 Å². The number of likely N-dealkylation sites (tertiary alicyclic amines) is 1. The van der Waals surface area contributed by atoms with Crippen LogP contribution in [0.4, 0.5) is 0 Å². The van der Waals surface area contributed by atoms with Crippen molar-refractivity contribution >= 4 is 11.8 Å². The standard InChI is InChI=1S/C23H28N2O2/c1-3-21(26)25-14-6-13-23(16-25,22(24)27)15-19-7-4-5-8-20(19)18-11-9-17(2)10-12-18/h4-5,7-12H,3,6,13-16H2,1-2H3,(H2,24,27)/t23-/m1/s1. The molecule has 2 amide bonds. The first-order chi connectivity index (χ1) is 12.9. The first kappa shape index (κ1) is 19.2. The van der Waals surface area contributed by atoms with Crippen LogP contribution in [0.5, 0.6) is 0 Å². The molecule has 1 heterocycles. The Morgan fingerprint density at radius 3 is 2.48 bits per heavy atom. The molecule has 1 fully saturated rings. The van der Waals surface area contributed by atoms with E-state index < -0.39 is 5.41 Å². The monoisotopic (exact) mass is 364 g/mol. The highest BCUT2D eigenvalue weighted by atomic mass is 16.2. The number of nitrogens with two attached hydrogens (primary N) is 1. The molecule has 4 nitrogen and oxygen atoms in total. The van der Waals surface area contributed by atoms with Crippen LogP contribution in [0.3, 0.4) is 0 Å². The quantitative estimate of drug-likeness (QED) is 0.879. The van der Waals surface area contributed by atoms with Gasteiger partial charge in [-0.2, -0.15) is 0 Å². The maximum absolute atomic E-state index is 12.5. The summed E-state index contributed by atoms with van der Waals surface area (Å²) in [7, 11) is 0. The normalized spacial score (nSPS) is 19.7. The molecule has 0 aliphatic carbocycles. The Kier molecular flexibility index (Phi) is 5.64. The molecule has 0 saturated carbocycles. The maximum atomic E-state index is 12.5. The van der Waals surface area contributed by atoms with Crippen molar-refractivity contribution in [3.05, 3.63) is 59.7 Å². The predicted octanol–water partition coefficient (Wildman–Crippen LogP) is 3.71. The van der Waals surface area contributed by atoms with E-state index in [1.807, 2.05) is 24.0 Å². The molecule has 27 heavy (non-hydrogen) atoms. The van der Waals surface area contributed by atoms with Gasteiger partial charge in [0.2, 0.25) is 11.8 Å². The molecule has 0 unspecified atom stereocenters. The van der Waals surface area contributed by atoms with E-state index in [0.29, 0.717) is 25.9 Å². The molecule has 0 aromatic heterocycles. The zero-order valence-electron chi connectivity index (χ0n) is 16.2. The van der Waals surface area contributed by atoms with E-state index in [-0.39, 0.29) is 11.8 Å². The van der Waals surface area contributed by atoms with Gasteiger partial charge in [-0.05, 0) is 42.9 Å². The molecule has 3 rings (SSSR count). The Balaban J connectivity index is 1.95. The lowest BCUT2D eigenvalue weighted by molar-refractivity contribution is -0.139. The second-order valence-corrected chi connectivity index (χ2v) is 7.62. The Labute approximate surface area is 161 Å². The van der Waals surface area contributed by atoms with E-state index in [4.69, 9.17) is 5.73 Å². The van der Waals surface area contributed by atoms with E-state index in [2.05, 4.69) is 43.3 Å². The Morgan fingerprint density at radius 2 is 1.81 bits per heavy atom. The van der Waals surface area contributed by atoms with E-state index in [1.165, 1.54) is 5.56 Å². The molecule has 1 aliphatic heterocycles. The third kappa shape index (κ3) is 4.05. The van der Waals surface area contributed by atoms with Gasteiger partial charge in [-0.1, -0.05) is 61.0 Å². The maximum Gasteiger partial charge on any atom is 0.225 e. The largest absolute Gasteiger partial charge is 0.369 e. The summed E-state index contributed by atoms with van der Waals surface area (Å²) in [6.07, 6.45) is 2.54. The van der Waals surface area contributed by atoms with Crippen molar-refractivity contribution in [3.63, 3.8) is 0 Å². The number of primary amides is 1. The Bertz CT molecular complexity index is 829. The summed E-state index contributed by atoms with van der Waals surface area (Å²) in [5.41, 5.74) is 9.75. The van der Waals surface area contributed by atoms with Crippen LogP contribution in [0.15, 0.2) is 48.5 Å². The number of amides is 2. The van der Waals surface area contributed by atoms with E-state index in [0.717, 1.165) is 29.5 Å². The summed E-state index contributed by atoms with van der Waals surface area (Å²) in [6.45, 7) is 5.05. The van der Waals surface area contributed by atoms with Crippen LogP contribution in [0.2, 0.25) is 0 Å². The van der Waals surface area contributed by atoms with Crippen LogP contribution in [-0.4, -0.2) is 29.8 Å². The van der Waals surface area contributed by atoms with Crippen LogP contribution >= 0.6 is 0 Å². The topological polar surface area (TPSA) is 63.4 Å². The number of piperidine rings is 1. The number of carbonyl (C=O) groups excluding carboxylic acids is 2. The molecule has 0 radical (unpaired) electrons. The number of hydrogen-bond acceptors (Lipinski definition) is 2. The number of rotatable bonds is 5. The fourth-order valence-corrected chi connectivity index (χ4v) is 4.05. The third-order valence-corrected chi connectivity index (χ3v) is 5.66. The Morgan fingerprint density at radius 1 is 1.11 bits per heavy atom. The number of nitrogens with zero attached hydrogens (tertiary/aromatic N) is 1. The molecule has 0 bridgehead atoms. The van der Waals surface area contributed by atoms with Gasteiger partial charge in [-0.25, -0.2) is 0 Å². The molecule has 1 saturated heterocycles. The average Bonchev–Trinajstić information content (AvgIpc) is 2.68. The Hall–Kier alpha value is -2.62. The SMILES string of the molecule is CCC(=O)N1CCC[C@](Cc2ccccc2-c2ccc(C)cc2)(C(N)=O)C1. The van der Waals surface area contributed by atoms with Crippen LogP contribution in [-0.2, 0) is 16.0 Å². The lowest BCUT2D eigenvalue weighted by atomic mass is 9.73. The molecule has 2 aromatic rings. The molecular weight excluding hydrogens is 336 g/mol. The smallest absolute Gasteiger partial charge is 0.225 e. The van der Waals surface area contributed by atoms with Gasteiger partial charge in [-0.15, -0.1) is 0 Å². The van der Waals surface area contributed by atoms with Gasteiger partial charge < -0.3 is 10.6 Å². The minimum absolute atomic E-state index is 0.0899. The highest BCUT2D eigenvalue weighted by Crippen LogP contribution is 2.37. The number of carbonyl (C=O) groups is 2.